The van der Waals surface area contributed by atoms with Crippen molar-refractivity contribution in [3.05, 3.63) is 29.3 Å². The second kappa shape index (κ2) is 2.27. The molecule has 0 spiro atoms. The van der Waals surface area contributed by atoms with E-state index in [2.05, 4.69) is 5.32 Å². The molecule has 1 aromatic carbocycles. The Kier molecular flexibility index (Phi) is 1.36. The molecule has 1 aromatic rings. The van der Waals surface area contributed by atoms with Crippen molar-refractivity contribution in [3.63, 3.8) is 0 Å². The zero-order valence-electron chi connectivity index (χ0n) is 6.03. The van der Waals surface area contributed by atoms with Gasteiger partial charge in [0.25, 0.3) is 0 Å². The largest absolute Gasteiger partial charge is 0.323 e. The molecular weight excluding hydrogens is 164 g/mol. The van der Waals surface area contributed by atoms with Crippen LogP contribution in [0, 0.1) is 11.6 Å². The van der Waals surface area contributed by atoms with Crippen molar-refractivity contribution in [1.82, 2.24) is 0 Å². The molecule has 0 radical (unpaired) electrons. The summed E-state index contributed by atoms with van der Waals surface area (Å²) in [5.74, 6) is -1.66. The summed E-state index contributed by atoms with van der Waals surface area (Å²) in [7, 11) is 0. The number of fused-ring (bicyclic) bond motifs is 1. The minimum atomic E-state index is -0.712. The van der Waals surface area contributed by atoms with Gasteiger partial charge in [0, 0.05) is 6.07 Å². The van der Waals surface area contributed by atoms with Gasteiger partial charge in [-0.3, -0.25) is 4.79 Å². The highest BCUT2D eigenvalue weighted by molar-refractivity contribution is 5.99. The minimum Gasteiger partial charge on any atom is -0.323 e. The van der Waals surface area contributed by atoms with Crippen LogP contribution < -0.4 is 5.32 Å². The maximum Gasteiger partial charge on any atom is 0.228 e. The molecule has 1 aliphatic heterocycles. The molecule has 4 heteroatoms. The van der Waals surface area contributed by atoms with Crippen LogP contribution in [-0.2, 0) is 11.2 Å². The number of carbonyl (C=O) groups excluding carboxylic acids is 1. The maximum absolute atomic E-state index is 12.9. The number of nitrogens with one attached hydrogen (secondary N) is 1. The van der Waals surface area contributed by atoms with Crippen LogP contribution >= 0.6 is 0 Å². The Morgan fingerprint density at radius 2 is 2.08 bits per heavy atom. The average molecular weight is 169 g/mol. The van der Waals surface area contributed by atoms with Crippen LogP contribution in [0.15, 0.2) is 12.1 Å². The van der Waals surface area contributed by atoms with E-state index < -0.39 is 11.6 Å². The van der Waals surface area contributed by atoms with Crippen LogP contribution in [0.5, 0.6) is 0 Å². The van der Waals surface area contributed by atoms with E-state index in [-0.39, 0.29) is 18.0 Å². The first kappa shape index (κ1) is 7.21. The number of hydrogen-bond acceptors (Lipinski definition) is 1. The van der Waals surface area contributed by atoms with Crippen LogP contribution in [-0.4, -0.2) is 5.91 Å². The number of halogens is 2. The van der Waals surface area contributed by atoms with Gasteiger partial charge in [-0.25, -0.2) is 8.78 Å². The third-order valence-corrected chi connectivity index (χ3v) is 1.75. The van der Waals surface area contributed by atoms with E-state index in [9.17, 15) is 13.6 Å². The normalized spacial score (nSPS) is 14.3. The standard InChI is InChI=1S/C8H5F2NO/c9-5-1-4-2-7(12)11-8(4)6(10)3-5/h1,3H,2H2,(H,11,12). The van der Waals surface area contributed by atoms with Gasteiger partial charge in [0.1, 0.15) is 11.6 Å². The quantitative estimate of drug-likeness (QED) is 0.625. The van der Waals surface area contributed by atoms with Gasteiger partial charge in [-0.1, -0.05) is 0 Å². The van der Waals surface area contributed by atoms with Gasteiger partial charge >= 0.3 is 0 Å². The van der Waals surface area contributed by atoms with Crippen LogP contribution in [0.4, 0.5) is 14.5 Å². The molecule has 12 heavy (non-hydrogen) atoms. The minimum absolute atomic E-state index is 0.0595. The Hall–Kier alpha value is -1.45. The van der Waals surface area contributed by atoms with Gasteiger partial charge < -0.3 is 5.32 Å². The van der Waals surface area contributed by atoms with E-state index in [0.29, 0.717) is 5.56 Å². The van der Waals surface area contributed by atoms with E-state index in [1.807, 2.05) is 0 Å². The van der Waals surface area contributed by atoms with E-state index >= 15 is 0 Å². The monoisotopic (exact) mass is 169 g/mol. The highest BCUT2D eigenvalue weighted by Crippen LogP contribution is 2.26. The first-order valence-corrected chi connectivity index (χ1v) is 3.44. The van der Waals surface area contributed by atoms with Crippen molar-refractivity contribution >= 4 is 11.6 Å². The Labute approximate surface area is 67.2 Å². The summed E-state index contributed by atoms with van der Waals surface area (Å²) in [6.07, 6.45) is 0.0595. The molecule has 0 fully saturated rings. The van der Waals surface area contributed by atoms with Crippen LogP contribution in [0.25, 0.3) is 0 Å². The summed E-state index contributed by atoms with van der Waals surface area (Å²) < 4.78 is 25.4. The SMILES string of the molecule is O=C1Cc2cc(F)cc(F)c2N1. The van der Waals surface area contributed by atoms with E-state index in [1.54, 1.807) is 0 Å². The van der Waals surface area contributed by atoms with Crippen molar-refractivity contribution in [3.8, 4) is 0 Å². The highest BCUT2D eigenvalue weighted by atomic mass is 19.1. The average Bonchev–Trinajstić information content (AvgIpc) is 2.29. The molecule has 2 nitrogen and oxygen atoms in total. The summed E-state index contributed by atoms with van der Waals surface area (Å²) in [6.45, 7) is 0. The topological polar surface area (TPSA) is 29.1 Å². The molecular formula is C8H5F2NO. The number of rotatable bonds is 0. The lowest BCUT2D eigenvalue weighted by molar-refractivity contribution is -0.115. The van der Waals surface area contributed by atoms with Crippen LogP contribution in [0.3, 0.4) is 0 Å². The lowest BCUT2D eigenvalue weighted by Crippen LogP contribution is -2.04. The molecule has 0 saturated carbocycles. The van der Waals surface area contributed by atoms with Crippen molar-refractivity contribution in [1.29, 1.82) is 0 Å². The number of hydrogen-bond donors (Lipinski definition) is 1. The summed E-state index contributed by atoms with van der Waals surface area (Å²) in [4.78, 5) is 10.8. The third-order valence-electron chi connectivity index (χ3n) is 1.75. The molecule has 0 bridgehead atoms. The Bertz CT molecular complexity index is 362. The molecule has 1 N–H and O–H groups in total. The lowest BCUT2D eigenvalue weighted by atomic mass is 10.1. The number of amides is 1. The van der Waals surface area contributed by atoms with Gasteiger partial charge in [0.15, 0.2) is 0 Å². The summed E-state index contributed by atoms with van der Waals surface area (Å²) in [5.41, 5.74) is 0.499. The predicted molar refractivity (Wildman–Crippen MR) is 38.7 cm³/mol. The molecule has 1 aliphatic rings. The number of carbonyl (C=O) groups is 1. The number of anilines is 1. The van der Waals surface area contributed by atoms with Gasteiger partial charge in [-0.05, 0) is 11.6 Å². The van der Waals surface area contributed by atoms with E-state index in [0.717, 1.165) is 12.1 Å². The van der Waals surface area contributed by atoms with E-state index in [4.69, 9.17) is 0 Å². The molecule has 1 amide bonds. The highest BCUT2D eigenvalue weighted by Gasteiger charge is 2.21. The second-order valence-corrected chi connectivity index (χ2v) is 2.65. The second-order valence-electron chi connectivity index (χ2n) is 2.65. The fourth-order valence-electron chi connectivity index (χ4n) is 1.26. The van der Waals surface area contributed by atoms with Crippen molar-refractivity contribution in [2.45, 2.75) is 6.42 Å². The zero-order valence-corrected chi connectivity index (χ0v) is 6.03. The maximum atomic E-state index is 12.9. The predicted octanol–water partition coefficient (Wildman–Crippen LogP) is 1.46. The van der Waals surface area contributed by atoms with Gasteiger partial charge in [-0.15, -0.1) is 0 Å². The van der Waals surface area contributed by atoms with Crippen molar-refractivity contribution in [2.75, 3.05) is 5.32 Å². The smallest absolute Gasteiger partial charge is 0.228 e. The van der Waals surface area contributed by atoms with Crippen LogP contribution in [0.2, 0.25) is 0 Å². The molecule has 0 unspecified atom stereocenters. The molecule has 0 atom stereocenters. The summed E-state index contributed by atoms with van der Waals surface area (Å²) >= 11 is 0. The Balaban J connectivity index is 2.59. The number of benzene rings is 1. The first-order chi connectivity index (χ1) is 5.66. The van der Waals surface area contributed by atoms with Crippen LogP contribution in [0.1, 0.15) is 5.56 Å². The Morgan fingerprint density at radius 3 is 2.83 bits per heavy atom. The summed E-state index contributed by atoms with van der Waals surface area (Å²) in [6, 6.07) is 1.92. The zero-order chi connectivity index (χ0) is 8.72. The fourth-order valence-corrected chi connectivity index (χ4v) is 1.26. The first-order valence-electron chi connectivity index (χ1n) is 3.44. The van der Waals surface area contributed by atoms with Gasteiger partial charge in [0.2, 0.25) is 5.91 Å². The van der Waals surface area contributed by atoms with E-state index in [1.165, 1.54) is 0 Å². The molecule has 1 heterocycles. The molecule has 0 saturated heterocycles. The molecule has 0 aromatic heterocycles. The Morgan fingerprint density at radius 1 is 1.33 bits per heavy atom. The van der Waals surface area contributed by atoms with Gasteiger partial charge in [-0.2, -0.15) is 0 Å². The lowest BCUT2D eigenvalue weighted by Gasteiger charge is -1.99. The fraction of sp³-hybridized carbons (Fsp3) is 0.125. The molecule has 0 aliphatic carbocycles. The molecule has 2 rings (SSSR count). The van der Waals surface area contributed by atoms with Crippen molar-refractivity contribution in [2.24, 2.45) is 0 Å². The molecule has 62 valence electrons. The summed E-state index contributed by atoms with van der Waals surface area (Å²) in [5, 5.41) is 2.31. The third kappa shape index (κ3) is 0.958. The van der Waals surface area contributed by atoms with Gasteiger partial charge in [0.05, 0.1) is 12.1 Å². The van der Waals surface area contributed by atoms with Crippen molar-refractivity contribution < 1.29 is 13.6 Å².